The van der Waals surface area contributed by atoms with E-state index >= 15 is 0 Å². The lowest BCUT2D eigenvalue weighted by atomic mass is 9.39. The molecule has 0 aromatic rings. The van der Waals surface area contributed by atoms with Crippen molar-refractivity contribution in [2.45, 2.75) is 113 Å². The van der Waals surface area contributed by atoms with Gasteiger partial charge in [0.2, 0.25) is 0 Å². The molecule has 3 aliphatic rings. The molecule has 5 heteroatoms. The first-order chi connectivity index (χ1) is 16.5. The standard InChI is InChI=1S/C31H46O5/c1-11-20(6)24(32)31-25(33)22-16-23(29(9,10)35)36-26(22)30(27(31)34,15-14-19(4)5)17-21(28(31,7)8)13-12-18(2)3/h12,14,20-21,23,35H,11,13,15-17H2,1-10H3/t20-,21-,23-,30+,31-/m1/s1. The monoisotopic (exact) mass is 498 g/mol. The lowest BCUT2D eigenvalue weighted by molar-refractivity contribution is -0.178. The van der Waals surface area contributed by atoms with Crippen molar-refractivity contribution in [2.75, 3.05) is 0 Å². The topological polar surface area (TPSA) is 80.7 Å². The van der Waals surface area contributed by atoms with Crippen molar-refractivity contribution in [2.24, 2.45) is 28.1 Å². The second kappa shape index (κ2) is 9.38. The van der Waals surface area contributed by atoms with E-state index in [2.05, 4.69) is 6.08 Å². The molecule has 1 heterocycles. The summed E-state index contributed by atoms with van der Waals surface area (Å²) in [6.45, 7) is 19.1. The van der Waals surface area contributed by atoms with Gasteiger partial charge in [0.1, 0.15) is 11.9 Å². The van der Waals surface area contributed by atoms with Gasteiger partial charge in [-0.05, 0) is 78.6 Å². The van der Waals surface area contributed by atoms with Crippen molar-refractivity contribution in [3.8, 4) is 0 Å². The Kier molecular flexibility index (Phi) is 7.44. The molecule has 1 saturated carbocycles. The number of carbonyl (C=O) groups is 3. The molecule has 2 aliphatic carbocycles. The molecular formula is C31H46O5. The zero-order chi connectivity index (χ0) is 27.4. The van der Waals surface area contributed by atoms with E-state index in [1.165, 1.54) is 5.57 Å². The second-order valence-electron chi connectivity index (χ2n) is 13.1. The number of hydrogen-bond acceptors (Lipinski definition) is 5. The summed E-state index contributed by atoms with van der Waals surface area (Å²) in [6, 6.07) is 0. The average Bonchev–Trinajstić information content (AvgIpc) is 3.23. The summed E-state index contributed by atoms with van der Waals surface area (Å²) in [6.07, 6.45) is 5.90. The zero-order valence-corrected chi connectivity index (χ0v) is 24.0. The molecule has 0 aromatic heterocycles. The van der Waals surface area contributed by atoms with E-state index in [1.807, 2.05) is 61.5 Å². The molecule has 0 unspecified atom stereocenters. The Morgan fingerprint density at radius 1 is 1.14 bits per heavy atom. The number of allylic oxidation sites excluding steroid dienone is 5. The van der Waals surface area contributed by atoms with Gasteiger partial charge in [-0.25, -0.2) is 0 Å². The summed E-state index contributed by atoms with van der Waals surface area (Å²) in [4.78, 5) is 43.8. The van der Waals surface area contributed by atoms with E-state index in [0.717, 1.165) is 5.57 Å². The van der Waals surface area contributed by atoms with Crippen molar-refractivity contribution in [1.82, 2.24) is 0 Å². The van der Waals surface area contributed by atoms with Crippen LogP contribution in [0.5, 0.6) is 0 Å². The zero-order valence-electron chi connectivity index (χ0n) is 24.0. The molecular weight excluding hydrogens is 452 g/mol. The Labute approximate surface area is 217 Å². The number of carbonyl (C=O) groups excluding carboxylic acids is 3. The van der Waals surface area contributed by atoms with Crippen LogP contribution < -0.4 is 0 Å². The highest BCUT2D eigenvalue weighted by molar-refractivity contribution is 6.33. The van der Waals surface area contributed by atoms with Crippen LogP contribution in [0.25, 0.3) is 0 Å². The van der Waals surface area contributed by atoms with Crippen molar-refractivity contribution >= 4 is 17.3 Å². The fraction of sp³-hybridized carbons (Fsp3) is 0.710. The molecule has 36 heavy (non-hydrogen) atoms. The van der Waals surface area contributed by atoms with E-state index in [9.17, 15) is 19.5 Å². The summed E-state index contributed by atoms with van der Waals surface area (Å²) in [5, 5.41) is 10.8. The summed E-state index contributed by atoms with van der Waals surface area (Å²) >= 11 is 0. The summed E-state index contributed by atoms with van der Waals surface area (Å²) in [5.74, 6) is -1.03. The molecule has 0 amide bonds. The predicted molar refractivity (Wildman–Crippen MR) is 142 cm³/mol. The van der Waals surface area contributed by atoms with E-state index in [0.29, 0.717) is 37.0 Å². The molecule has 0 radical (unpaired) electrons. The minimum Gasteiger partial charge on any atom is -0.490 e. The van der Waals surface area contributed by atoms with Crippen LogP contribution in [0.2, 0.25) is 0 Å². The number of fused-ring (bicyclic) bond motifs is 3. The highest BCUT2D eigenvalue weighted by Crippen LogP contribution is 2.67. The Morgan fingerprint density at radius 2 is 1.72 bits per heavy atom. The molecule has 200 valence electrons. The molecule has 0 spiro atoms. The number of aliphatic hydroxyl groups is 1. The third-order valence-electron chi connectivity index (χ3n) is 9.22. The number of hydrogen-bond donors (Lipinski definition) is 1. The maximum atomic E-state index is 14.9. The van der Waals surface area contributed by atoms with Crippen LogP contribution in [0.15, 0.2) is 34.6 Å². The molecule has 3 rings (SSSR count). The maximum Gasteiger partial charge on any atom is 0.184 e. The van der Waals surface area contributed by atoms with Gasteiger partial charge in [-0.15, -0.1) is 0 Å². The van der Waals surface area contributed by atoms with Crippen LogP contribution in [0.4, 0.5) is 0 Å². The Morgan fingerprint density at radius 3 is 2.22 bits per heavy atom. The quantitative estimate of drug-likeness (QED) is 0.314. The first kappa shape index (κ1) is 28.6. The molecule has 0 aromatic carbocycles. The summed E-state index contributed by atoms with van der Waals surface area (Å²) in [5.41, 5.74) is -2.25. The molecule has 5 atom stereocenters. The molecule has 2 bridgehead atoms. The van der Waals surface area contributed by atoms with E-state index in [-0.39, 0.29) is 29.7 Å². The van der Waals surface area contributed by atoms with Gasteiger partial charge in [-0.1, -0.05) is 51.0 Å². The van der Waals surface area contributed by atoms with Gasteiger partial charge in [-0.2, -0.15) is 0 Å². The van der Waals surface area contributed by atoms with Crippen LogP contribution >= 0.6 is 0 Å². The van der Waals surface area contributed by atoms with Crippen molar-refractivity contribution in [3.05, 3.63) is 34.6 Å². The highest BCUT2D eigenvalue weighted by atomic mass is 16.5. The smallest absolute Gasteiger partial charge is 0.184 e. The molecule has 5 nitrogen and oxygen atoms in total. The number of ketones is 3. The Balaban J connectivity index is 2.39. The summed E-state index contributed by atoms with van der Waals surface area (Å²) in [7, 11) is 0. The SMILES string of the molecule is CC[C@@H](C)C(=O)[C@]12C(=O)C3=C(O[C@@H](C(C)(C)O)C3)[C@](CC=C(C)C)(C[C@@H](CC=C(C)C)C1(C)C)C2=O. The predicted octanol–water partition coefficient (Wildman–Crippen LogP) is 6.30. The normalized spacial score (nSPS) is 32.0. The third-order valence-corrected chi connectivity index (χ3v) is 9.22. The van der Waals surface area contributed by atoms with Gasteiger partial charge < -0.3 is 9.84 Å². The van der Waals surface area contributed by atoms with Gasteiger partial charge in [0.05, 0.1) is 11.0 Å². The minimum absolute atomic E-state index is 0.0774. The Hall–Kier alpha value is -2.01. The van der Waals surface area contributed by atoms with E-state index < -0.39 is 33.9 Å². The average molecular weight is 499 g/mol. The number of rotatable bonds is 8. The molecule has 0 saturated heterocycles. The van der Waals surface area contributed by atoms with Crippen molar-refractivity contribution in [3.63, 3.8) is 0 Å². The van der Waals surface area contributed by atoms with Gasteiger partial charge in [-0.3, -0.25) is 14.4 Å². The second-order valence-corrected chi connectivity index (χ2v) is 13.1. The van der Waals surface area contributed by atoms with E-state index in [1.54, 1.807) is 13.8 Å². The van der Waals surface area contributed by atoms with Gasteiger partial charge in [0.25, 0.3) is 0 Å². The van der Waals surface area contributed by atoms with Crippen LogP contribution in [0, 0.1) is 28.1 Å². The lowest BCUT2D eigenvalue weighted by Crippen LogP contribution is -2.70. The van der Waals surface area contributed by atoms with Crippen molar-refractivity contribution in [1.29, 1.82) is 0 Å². The third kappa shape index (κ3) is 4.06. The Bertz CT molecular complexity index is 1040. The van der Waals surface area contributed by atoms with Gasteiger partial charge >= 0.3 is 0 Å². The minimum atomic E-state index is -1.76. The lowest BCUT2D eigenvalue weighted by Gasteiger charge is -2.59. The molecule has 1 N–H and O–H groups in total. The highest BCUT2D eigenvalue weighted by Gasteiger charge is 2.76. The van der Waals surface area contributed by atoms with Crippen LogP contribution in [0.3, 0.4) is 0 Å². The van der Waals surface area contributed by atoms with Crippen LogP contribution in [-0.2, 0) is 19.1 Å². The number of Topliss-reactive ketones (excluding diaryl/α,β-unsaturated/α-hetero) is 3. The molecule has 1 fully saturated rings. The van der Waals surface area contributed by atoms with Gasteiger partial charge in [0.15, 0.2) is 22.8 Å². The van der Waals surface area contributed by atoms with Crippen LogP contribution in [-0.4, -0.2) is 34.2 Å². The fourth-order valence-electron chi connectivity index (χ4n) is 6.57. The number of ether oxygens (including phenoxy) is 1. The van der Waals surface area contributed by atoms with Gasteiger partial charge in [0, 0.05) is 17.9 Å². The van der Waals surface area contributed by atoms with Crippen LogP contribution in [0.1, 0.15) is 101 Å². The first-order valence-corrected chi connectivity index (χ1v) is 13.5. The maximum absolute atomic E-state index is 14.9. The fourth-order valence-corrected chi connectivity index (χ4v) is 6.57. The summed E-state index contributed by atoms with van der Waals surface area (Å²) < 4.78 is 6.38. The van der Waals surface area contributed by atoms with E-state index in [4.69, 9.17) is 4.74 Å². The first-order valence-electron chi connectivity index (χ1n) is 13.5. The largest absolute Gasteiger partial charge is 0.490 e. The van der Waals surface area contributed by atoms with Crippen molar-refractivity contribution < 1.29 is 24.2 Å². The molecule has 1 aliphatic heterocycles.